The van der Waals surface area contributed by atoms with E-state index in [1.165, 1.54) is 5.56 Å². The number of alkyl halides is 1. The third kappa shape index (κ3) is 3.85. The molecule has 0 aliphatic heterocycles. The zero-order valence-electron chi connectivity index (χ0n) is 12.5. The van der Waals surface area contributed by atoms with Gasteiger partial charge in [-0.25, -0.2) is 0 Å². The van der Waals surface area contributed by atoms with E-state index in [2.05, 4.69) is 31.2 Å². The first-order valence-corrected chi connectivity index (χ1v) is 7.69. The van der Waals surface area contributed by atoms with Crippen molar-refractivity contribution in [2.75, 3.05) is 10.8 Å². The highest BCUT2D eigenvalue weighted by molar-refractivity contribution is 6.29. The minimum absolute atomic E-state index is 0.0125. The molecule has 0 N–H and O–H groups in total. The molecule has 0 radical (unpaired) electrons. The van der Waals surface area contributed by atoms with Gasteiger partial charge in [0.05, 0.1) is 6.54 Å². The van der Waals surface area contributed by atoms with Crippen LogP contribution in [0.5, 0.6) is 0 Å². The van der Waals surface area contributed by atoms with Crippen LogP contribution >= 0.6 is 11.6 Å². The molecule has 2 nitrogen and oxygen atoms in total. The van der Waals surface area contributed by atoms with E-state index in [1.807, 2.05) is 31.2 Å². The lowest BCUT2D eigenvalue weighted by molar-refractivity contribution is -0.116. The molecule has 0 aliphatic carbocycles. The summed E-state index contributed by atoms with van der Waals surface area (Å²) in [5.41, 5.74) is 4.39. The Morgan fingerprint density at radius 2 is 1.67 bits per heavy atom. The van der Waals surface area contributed by atoms with Crippen LogP contribution in [-0.4, -0.2) is 11.8 Å². The molecule has 0 saturated carbocycles. The second-order valence-corrected chi connectivity index (χ2v) is 5.34. The van der Waals surface area contributed by atoms with Crippen LogP contribution in [0.25, 0.3) is 0 Å². The molecule has 0 aliphatic rings. The molecule has 2 rings (SSSR count). The van der Waals surface area contributed by atoms with Crippen molar-refractivity contribution >= 4 is 23.2 Å². The average molecular weight is 302 g/mol. The molecular formula is C18H20ClNO. The van der Waals surface area contributed by atoms with Gasteiger partial charge in [-0.2, -0.15) is 0 Å². The summed E-state index contributed by atoms with van der Waals surface area (Å²) in [7, 11) is 0. The van der Waals surface area contributed by atoms with Gasteiger partial charge >= 0.3 is 0 Å². The SMILES string of the molecule is CCc1ccc(CN(C(=O)CCl)c2ccccc2C)cc1. The first-order valence-electron chi connectivity index (χ1n) is 7.15. The lowest BCUT2D eigenvalue weighted by atomic mass is 10.1. The Bertz CT molecular complexity index is 607. The highest BCUT2D eigenvalue weighted by Crippen LogP contribution is 2.22. The lowest BCUT2D eigenvalue weighted by Gasteiger charge is -2.24. The predicted molar refractivity (Wildman–Crippen MR) is 88.9 cm³/mol. The minimum Gasteiger partial charge on any atom is -0.307 e. The van der Waals surface area contributed by atoms with Crippen LogP contribution in [0.1, 0.15) is 23.6 Å². The Balaban J connectivity index is 2.28. The maximum absolute atomic E-state index is 12.2. The van der Waals surface area contributed by atoms with Crippen molar-refractivity contribution < 1.29 is 4.79 Å². The molecular weight excluding hydrogens is 282 g/mol. The first kappa shape index (κ1) is 15.6. The summed E-state index contributed by atoms with van der Waals surface area (Å²) in [5, 5.41) is 0. The zero-order valence-corrected chi connectivity index (χ0v) is 13.2. The average Bonchev–Trinajstić information content (AvgIpc) is 2.53. The van der Waals surface area contributed by atoms with Crippen molar-refractivity contribution in [1.82, 2.24) is 0 Å². The fourth-order valence-corrected chi connectivity index (χ4v) is 2.45. The number of carbonyl (C=O) groups excluding carboxylic acids is 1. The number of benzene rings is 2. The first-order chi connectivity index (χ1) is 10.2. The monoisotopic (exact) mass is 301 g/mol. The number of carbonyl (C=O) groups is 1. The van der Waals surface area contributed by atoms with Crippen LogP contribution < -0.4 is 4.90 Å². The number of halogens is 1. The molecule has 1 amide bonds. The number of rotatable bonds is 5. The Labute approximate surface area is 131 Å². The molecule has 0 saturated heterocycles. The summed E-state index contributed by atoms with van der Waals surface area (Å²) in [5.74, 6) is -0.0907. The van der Waals surface area contributed by atoms with E-state index in [-0.39, 0.29) is 11.8 Å². The predicted octanol–water partition coefficient (Wildman–Crippen LogP) is 4.33. The van der Waals surface area contributed by atoms with E-state index < -0.39 is 0 Å². The summed E-state index contributed by atoms with van der Waals surface area (Å²) >= 11 is 5.77. The van der Waals surface area contributed by atoms with E-state index in [9.17, 15) is 4.79 Å². The smallest absolute Gasteiger partial charge is 0.242 e. The molecule has 0 unspecified atom stereocenters. The Morgan fingerprint density at radius 1 is 1.05 bits per heavy atom. The standard InChI is InChI=1S/C18H20ClNO/c1-3-15-8-10-16(11-9-15)13-20(18(21)12-19)17-7-5-4-6-14(17)2/h4-11H,3,12-13H2,1-2H3. The topological polar surface area (TPSA) is 20.3 Å². The summed E-state index contributed by atoms with van der Waals surface area (Å²) in [6.45, 7) is 4.68. The van der Waals surface area contributed by atoms with Crippen LogP contribution in [0.4, 0.5) is 5.69 Å². The maximum Gasteiger partial charge on any atom is 0.242 e. The fourth-order valence-electron chi connectivity index (χ4n) is 2.31. The van der Waals surface area contributed by atoms with Gasteiger partial charge in [0.25, 0.3) is 0 Å². The number of nitrogens with zero attached hydrogens (tertiary/aromatic N) is 1. The second kappa shape index (κ2) is 7.28. The summed E-state index contributed by atoms with van der Waals surface area (Å²) < 4.78 is 0. The molecule has 2 aromatic rings. The van der Waals surface area contributed by atoms with Crippen LogP contribution in [0.3, 0.4) is 0 Å². The third-order valence-corrected chi connectivity index (χ3v) is 3.82. The van der Waals surface area contributed by atoms with Gasteiger partial charge in [0.1, 0.15) is 5.88 Å². The molecule has 0 atom stereocenters. The van der Waals surface area contributed by atoms with Gasteiger partial charge in [0.2, 0.25) is 5.91 Å². The summed E-state index contributed by atoms with van der Waals surface area (Å²) in [4.78, 5) is 13.9. The van der Waals surface area contributed by atoms with Crippen molar-refractivity contribution in [3.63, 3.8) is 0 Å². The quantitative estimate of drug-likeness (QED) is 0.753. The summed E-state index contributed by atoms with van der Waals surface area (Å²) in [6, 6.07) is 16.2. The van der Waals surface area contributed by atoms with Crippen molar-refractivity contribution in [3.05, 3.63) is 65.2 Å². The van der Waals surface area contributed by atoms with Gasteiger partial charge in [0.15, 0.2) is 0 Å². The number of para-hydroxylation sites is 1. The third-order valence-electron chi connectivity index (χ3n) is 3.59. The molecule has 0 heterocycles. The highest BCUT2D eigenvalue weighted by atomic mass is 35.5. The molecule has 110 valence electrons. The minimum atomic E-state index is -0.0782. The number of anilines is 1. The van der Waals surface area contributed by atoms with Crippen molar-refractivity contribution in [1.29, 1.82) is 0 Å². The molecule has 0 fully saturated rings. The van der Waals surface area contributed by atoms with Crippen LogP contribution in [0.15, 0.2) is 48.5 Å². The van der Waals surface area contributed by atoms with Gasteiger partial charge in [-0.05, 0) is 36.1 Å². The van der Waals surface area contributed by atoms with Crippen LogP contribution in [0, 0.1) is 6.92 Å². The Morgan fingerprint density at radius 3 is 2.24 bits per heavy atom. The Hall–Kier alpha value is -1.80. The van der Waals surface area contributed by atoms with Gasteiger partial charge < -0.3 is 4.90 Å². The molecule has 0 aromatic heterocycles. The van der Waals surface area contributed by atoms with Crippen molar-refractivity contribution in [3.8, 4) is 0 Å². The van der Waals surface area contributed by atoms with Gasteiger partial charge in [0, 0.05) is 5.69 Å². The van der Waals surface area contributed by atoms with Gasteiger partial charge in [-0.3, -0.25) is 4.79 Å². The number of hydrogen-bond acceptors (Lipinski definition) is 1. The van der Waals surface area contributed by atoms with E-state index >= 15 is 0 Å². The maximum atomic E-state index is 12.2. The molecule has 21 heavy (non-hydrogen) atoms. The second-order valence-electron chi connectivity index (χ2n) is 5.07. The van der Waals surface area contributed by atoms with E-state index in [4.69, 9.17) is 11.6 Å². The molecule has 3 heteroatoms. The largest absolute Gasteiger partial charge is 0.307 e. The lowest BCUT2D eigenvalue weighted by Crippen LogP contribution is -2.31. The van der Waals surface area contributed by atoms with Crippen molar-refractivity contribution in [2.24, 2.45) is 0 Å². The number of amides is 1. The van der Waals surface area contributed by atoms with Gasteiger partial charge in [-0.1, -0.05) is 49.4 Å². The highest BCUT2D eigenvalue weighted by Gasteiger charge is 2.16. The van der Waals surface area contributed by atoms with Crippen LogP contribution in [0.2, 0.25) is 0 Å². The van der Waals surface area contributed by atoms with Crippen LogP contribution in [-0.2, 0) is 17.8 Å². The summed E-state index contributed by atoms with van der Waals surface area (Å²) in [6.07, 6.45) is 1.02. The molecule has 2 aromatic carbocycles. The zero-order chi connectivity index (χ0) is 15.2. The normalized spacial score (nSPS) is 10.4. The number of hydrogen-bond donors (Lipinski definition) is 0. The van der Waals surface area contributed by atoms with E-state index in [1.54, 1.807) is 4.90 Å². The van der Waals surface area contributed by atoms with Gasteiger partial charge in [-0.15, -0.1) is 11.6 Å². The number of aryl methyl sites for hydroxylation is 2. The van der Waals surface area contributed by atoms with E-state index in [0.717, 1.165) is 23.2 Å². The van der Waals surface area contributed by atoms with Crippen molar-refractivity contribution in [2.45, 2.75) is 26.8 Å². The van der Waals surface area contributed by atoms with E-state index in [0.29, 0.717) is 6.54 Å². The molecule has 0 spiro atoms. The molecule has 0 bridgehead atoms. The Kier molecular flexibility index (Phi) is 5.40. The fraction of sp³-hybridized carbons (Fsp3) is 0.278.